The van der Waals surface area contributed by atoms with Gasteiger partial charge in [0.15, 0.2) is 0 Å². The molecule has 1 aromatic carbocycles. The molecule has 0 spiro atoms. The number of carboxylic acid groups (broad SMARTS) is 1. The number of anilines is 3. The zero-order valence-corrected chi connectivity index (χ0v) is 14.4. The maximum absolute atomic E-state index is 11.5. The van der Waals surface area contributed by atoms with Crippen LogP contribution in [-0.2, 0) is 9.53 Å². The summed E-state index contributed by atoms with van der Waals surface area (Å²) in [7, 11) is 1.34. The molecule has 2 aromatic rings. The van der Waals surface area contributed by atoms with Gasteiger partial charge in [0, 0.05) is 25.0 Å². The Kier molecular flexibility index (Phi) is 5.31. The normalized spacial score (nSPS) is 14.7. The second-order valence-corrected chi connectivity index (χ2v) is 6.03. The number of methoxy groups -OCH3 is 1. The molecule has 8 nitrogen and oxygen atoms in total. The molecule has 1 aromatic heterocycles. The second-order valence-electron chi connectivity index (χ2n) is 6.03. The van der Waals surface area contributed by atoms with E-state index in [1.54, 1.807) is 30.5 Å². The number of hydrogen-bond donors (Lipinski definition) is 2. The minimum absolute atomic E-state index is 0.279. The fraction of sp³-hybridized carbons (Fsp3) is 0.333. The molecule has 1 saturated heterocycles. The second kappa shape index (κ2) is 7.81. The van der Waals surface area contributed by atoms with Gasteiger partial charge in [-0.05, 0) is 43.2 Å². The van der Waals surface area contributed by atoms with E-state index >= 15 is 0 Å². The number of esters is 1. The molecule has 0 aliphatic carbocycles. The van der Waals surface area contributed by atoms with Gasteiger partial charge in [0.2, 0.25) is 5.95 Å². The van der Waals surface area contributed by atoms with Gasteiger partial charge >= 0.3 is 11.9 Å². The molecule has 2 heterocycles. The van der Waals surface area contributed by atoms with Crippen molar-refractivity contribution in [1.82, 2.24) is 9.97 Å². The molecule has 26 heavy (non-hydrogen) atoms. The third-order valence-electron chi connectivity index (χ3n) is 4.37. The summed E-state index contributed by atoms with van der Waals surface area (Å²) in [6, 6.07) is 8.64. The molecule has 3 rings (SSSR count). The van der Waals surface area contributed by atoms with E-state index in [9.17, 15) is 9.59 Å². The quantitative estimate of drug-likeness (QED) is 0.787. The number of nitrogens with one attached hydrogen (secondary N) is 1. The smallest absolute Gasteiger partial charge is 0.337 e. The number of rotatable bonds is 5. The highest BCUT2D eigenvalue weighted by molar-refractivity contribution is 5.89. The van der Waals surface area contributed by atoms with Crippen molar-refractivity contribution >= 4 is 29.4 Å². The third kappa shape index (κ3) is 4.08. The van der Waals surface area contributed by atoms with Gasteiger partial charge in [-0.15, -0.1) is 0 Å². The monoisotopic (exact) mass is 356 g/mol. The first kappa shape index (κ1) is 17.7. The topological polar surface area (TPSA) is 105 Å². The molecule has 0 saturated carbocycles. The number of piperidine rings is 1. The van der Waals surface area contributed by atoms with Crippen LogP contribution in [0.4, 0.5) is 17.5 Å². The van der Waals surface area contributed by atoms with Gasteiger partial charge < -0.3 is 20.1 Å². The van der Waals surface area contributed by atoms with Gasteiger partial charge in [-0.2, -0.15) is 4.98 Å². The van der Waals surface area contributed by atoms with Gasteiger partial charge in [-0.3, -0.25) is 4.79 Å². The molecule has 1 aliphatic rings. The molecule has 1 aliphatic heterocycles. The van der Waals surface area contributed by atoms with E-state index in [0.717, 1.165) is 11.5 Å². The van der Waals surface area contributed by atoms with Crippen molar-refractivity contribution in [2.45, 2.75) is 12.8 Å². The largest absolute Gasteiger partial charge is 0.481 e. The SMILES string of the molecule is COC(=O)c1ccc(Nc2nccc(N3CCC(C(=O)O)CC3)n2)cc1. The molecule has 0 radical (unpaired) electrons. The molecule has 1 fully saturated rings. The first-order valence-corrected chi connectivity index (χ1v) is 8.33. The first-order chi connectivity index (χ1) is 12.6. The number of nitrogens with zero attached hydrogens (tertiary/aromatic N) is 3. The van der Waals surface area contributed by atoms with E-state index in [1.165, 1.54) is 7.11 Å². The summed E-state index contributed by atoms with van der Waals surface area (Å²) in [4.78, 5) is 33.3. The lowest BCUT2D eigenvalue weighted by Gasteiger charge is -2.31. The molecule has 0 atom stereocenters. The lowest BCUT2D eigenvalue weighted by Crippen LogP contribution is -2.36. The Hall–Kier alpha value is -3.16. The zero-order valence-electron chi connectivity index (χ0n) is 14.4. The number of carbonyl (C=O) groups is 2. The average Bonchev–Trinajstić information content (AvgIpc) is 2.68. The number of aromatic nitrogens is 2. The van der Waals surface area contributed by atoms with Crippen LogP contribution in [-0.4, -0.2) is 47.2 Å². The maximum atomic E-state index is 11.5. The number of carboxylic acids is 1. The van der Waals surface area contributed by atoms with Gasteiger partial charge in [0.05, 0.1) is 18.6 Å². The highest BCUT2D eigenvalue weighted by Crippen LogP contribution is 2.23. The molecule has 136 valence electrons. The summed E-state index contributed by atoms with van der Waals surface area (Å²) in [5, 5.41) is 12.2. The fourth-order valence-electron chi connectivity index (χ4n) is 2.88. The molecule has 2 N–H and O–H groups in total. The van der Waals surface area contributed by atoms with Crippen LogP contribution in [0.3, 0.4) is 0 Å². The standard InChI is InChI=1S/C18H20N4O4/c1-26-17(25)13-2-4-14(5-3-13)20-18-19-9-6-15(21-18)22-10-7-12(8-11-22)16(23)24/h2-6,9,12H,7-8,10-11H2,1H3,(H,23,24)(H,19,20,21). The van der Waals surface area contributed by atoms with Crippen molar-refractivity contribution in [3.05, 3.63) is 42.1 Å². The summed E-state index contributed by atoms with van der Waals surface area (Å²) in [6.45, 7) is 1.31. The van der Waals surface area contributed by atoms with Crippen LogP contribution < -0.4 is 10.2 Å². The van der Waals surface area contributed by atoms with Crippen LogP contribution in [0.1, 0.15) is 23.2 Å². The number of carbonyl (C=O) groups excluding carboxylic acids is 1. The number of hydrogen-bond acceptors (Lipinski definition) is 7. The molecular weight excluding hydrogens is 336 g/mol. The van der Waals surface area contributed by atoms with Crippen LogP contribution in [0, 0.1) is 5.92 Å². The molecule has 0 amide bonds. The summed E-state index contributed by atoms with van der Waals surface area (Å²) in [5.41, 5.74) is 1.22. The van der Waals surface area contributed by atoms with E-state index in [4.69, 9.17) is 5.11 Å². The summed E-state index contributed by atoms with van der Waals surface area (Å²) < 4.78 is 4.67. The Morgan fingerprint density at radius 3 is 2.50 bits per heavy atom. The average molecular weight is 356 g/mol. The number of ether oxygens (including phenoxy) is 1. The van der Waals surface area contributed by atoms with Crippen LogP contribution in [0.15, 0.2) is 36.5 Å². The van der Waals surface area contributed by atoms with Crippen molar-refractivity contribution in [3.63, 3.8) is 0 Å². The molecular formula is C18H20N4O4. The number of benzene rings is 1. The van der Waals surface area contributed by atoms with Gasteiger partial charge in [-0.25, -0.2) is 9.78 Å². The fourth-order valence-corrected chi connectivity index (χ4v) is 2.88. The van der Waals surface area contributed by atoms with E-state index in [2.05, 4.69) is 24.9 Å². The van der Waals surface area contributed by atoms with Crippen molar-refractivity contribution in [1.29, 1.82) is 0 Å². The lowest BCUT2D eigenvalue weighted by molar-refractivity contribution is -0.142. The van der Waals surface area contributed by atoms with Crippen LogP contribution in [0.25, 0.3) is 0 Å². The highest BCUT2D eigenvalue weighted by Gasteiger charge is 2.25. The highest BCUT2D eigenvalue weighted by atomic mass is 16.5. The molecule has 0 unspecified atom stereocenters. The van der Waals surface area contributed by atoms with Crippen molar-refractivity contribution in [2.75, 3.05) is 30.4 Å². The van der Waals surface area contributed by atoms with E-state index in [1.807, 2.05) is 6.07 Å². The van der Waals surface area contributed by atoms with Crippen LogP contribution >= 0.6 is 0 Å². The molecule has 8 heteroatoms. The zero-order chi connectivity index (χ0) is 18.5. The lowest BCUT2D eigenvalue weighted by atomic mass is 9.97. The van der Waals surface area contributed by atoms with E-state index < -0.39 is 5.97 Å². The van der Waals surface area contributed by atoms with Crippen molar-refractivity contribution in [2.24, 2.45) is 5.92 Å². The van der Waals surface area contributed by atoms with E-state index in [-0.39, 0.29) is 11.9 Å². The Balaban J connectivity index is 1.66. The predicted molar refractivity (Wildman–Crippen MR) is 95.7 cm³/mol. The Labute approximate surface area is 150 Å². The Morgan fingerprint density at radius 2 is 1.88 bits per heavy atom. The minimum atomic E-state index is -0.731. The Morgan fingerprint density at radius 1 is 1.19 bits per heavy atom. The van der Waals surface area contributed by atoms with Gasteiger partial charge in [0.1, 0.15) is 5.82 Å². The maximum Gasteiger partial charge on any atom is 0.337 e. The Bertz CT molecular complexity index is 786. The van der Waals surface area contributed by atoms with Crippen LogP contribution in [0.2, 0.25) is 0 Å². The summed E-state index contributed by atoms with van der Waals surface area (Å²) in [5.74, 6) is -0.199. The summed E-state index contributed by atoms with van der Waals surface area (Å²) in [6.07, 6.45) is 2.88. The van der Waals surface area contributed by atoms with Crippen molar-refractivity contribution in [3.8, 4) is 0 Å². The third-order valence-corrected chi connectivity index (χ3v) is 4.37. The minimum Gasteiger partial charge on any atom is -0.481 e. The van der Waals surface area contributed by atoms with Gasteiger partial charge in [-0.1, -0.05) is 0 Å². The van der Waals surface area contributed by atoms with Crippen molar-refractivity contribution < 1.29 is 19.4 Å². The van der Waals surface area contributed by atoms with Gasteiger partial charge in [0.25, 0.3) is 0 Å². The first-order valence-electron chi connectivity index (χ1n) is 8.33. The number of aliphatic carboxylic acids is 1. The predicted octanol–water partition coefficient (Wildman–Crippen LogP) is 2.31. The summed E-state index contributed by atoms with van der Waals surface area (Å²) >= 11 is 0. The van der Waals surface area contributed by atoms with E-state index in [0.29, 0.717) is 37.4 Å². The molecule has 0 bridgehead atoms. The van der Waals surface area contributed by atoms with Crippen LogP contribution in [0.5, 0.6) is 0 Å².